The van der Waals surface area contributed by atoms with Crippen LogP contribution in [0.3, 0.4) is 0 Å². The van der Waals surface area contributed by atoms with Crippen molar-refractivity contribution in [1.82, 2.24) is 4.90 Å². The highest BCUT2D eigenvalue weighted by atomic mass is 19.1. The summed E-state index contributed by atoms with van der Waals surface area (Å²) in [7, 11) is 2.09. The summed E-state index contributed by atoms with van der Waals surface area (Å²) in [5, 5.41) is 0. The first-order valence-electron chi connectivity index (χ1n) is 7.94. The molecule has 0 saturated carbocycles. The summed E-state index contributed by atoms with van der Waals surface area (Å²) in [6, 6.07) is 3.95. The van der Waals surface area contributed by atoms with Gasteiger partial charge in [-0.25, -0.2) is 4.39 Å². The number of nitrogens with two attached hydrogens (primary N) is 1. The molecule has 1 aliphatic heterocycles. The van der Waals surface area contributed by atoms with Gasteiger partial charge in [-0.15, -0.1) is 0 Å². The molecule has 2 atom stereocenters. The van der Waals surface area contributed by atoms with Crippen LogP contribution in [0.15, 0.2) is 12.1 Å². The molecule has 3 nitrogen and oxygen atoms in total. The molecule has 0 aromatic heterocycles. The van der Waals surface area contributed by atoms with E-state index in [9.17, 15) is 4.39 Å². The van der Waals surface area contributed by atoms with E-state index in [0.29, 0.717) is 11.6 Å². The highest BCUT2D eigenvalue weighted by Gasteiger charge is 2.25. The van der Waals surface area contributed by atoms with Gasteiger partial charge in [-0.1, -0.05) is 6.92 Å². The van der Waals surface area contributed by atoms with Crippen molar-refractivity contribution in [2.75, 3.05) is 31.6 Å². The molecule has 0 spiro atoms. The van der Waals surface area contributed by atoms with Gasteiger partial charge in [-0.3, -0.25) is 4.90 Å². The van der Waals surface area contributed by atoms with Crippen LogP contribution in [-0.4, -0.2) is 37.6 Å². The van der Waals surface area contributed by atoms with E-state index in [1.807, 2.05) is 19.9 Å². The van der Waals surface area contributed by atoms with Gasteiger partial charge < -0.3 is 10.6 Å². The summed E-state index contributed by atoms with van der Waals surface area (Å²) in [6.45, 7) is 9.20. The minimum Gasteiger partial charge on any atom is -0.373 e. The average molecular weight is 293 g/mol. The van der Waals surface area contributed by atoms with Crippen LogP contribution < -0.4 is 10.6 Å². The fourth-order valence-corrected chi connectivity index (χ4v) is 3.31. The fourth-order valence-electron chi connectivity index (χ4n) is 3.31. The van der Waals surface area contributed by atoms with Crippen molar-refractivity contribution in [3.05, 3.63) is 29.1 Å². The number of anilines is 1. The molecule has 1 aromatic rings. The Balaban J connectivity index is 2.22. The first-order chi connectivity index (χ1) is 9.93. The molecule has 1 saturated heterocycles. The summed E-state index contributed by atoms with van der Waals surface area (Å²) in [6.07, 6.45) is 2.51. The molecule has 21 heavy (non-hydrogen) atoms. The van der Waals surface area contributed by atoms with Crippen LogP contribution in [0.4, 0.5) is 10.1 Å². The molecule has 1 aromatic carbocycles. The van der Waals surface area contributed by atoms with Gasteiger partial charge in [0.05, 0.1) is 0 Å². The van der Waals surface area contributed by atoms with Crippen LogP contribution in [0.25, 0.3) is 0 Å². The van der Waals surface area contributed by atoms with Gasteiger partial charge >= 0.3 is 0 Å². The van der Waals surface area contributed by atoms with Gasteiger partial charge in [0, 0.05) is 31.4 Å². The van der Waals surface area contributed by atoms with Crippen LogP contribution in [-0.2, 0) is 0 Å². The minimum atomic E-state index is -0.171. The Morgan fingerprint density at radius 2 is 2.19 bits per heavy atom. The topological polar surface area (TPSA) is 32.5 Å². The normalized spacial score (nSPS) is 20.8. The Hall–Kier alpha value is -1.13. The molecule has 2 rings (SSSR count). The third kappa shape index (κ3) is 3.55. The van der Waals surface area contributed by atoms with Crippen molar-refractivity contribution in [1.29, 1.82) is 0 Å². The summed E-state index contributed by atoms with van der Waals surface area (Å²) in [5.41, 5.74) is 8.66. The van der Waals surface area contributed by atoms with Crippen LogP contribution in [0, 0.1) is 12.7 Å². The monoisotopic (exact) mass is 293 g/mol. The standard InChI is InChI=1S/C17H28FN3/c1-5-21-8-6-7-14(21)11-20(4)17-9-12(2)16(18)10-15(17)13(3)19/h9-10,13-14H,5-8,11,19H2,1-4H3/t13-,14?/m1/s1. The lowest BCUT2D eigenvalue weighted by Gasteiger charge is -2.31. The summed E-state index contributed by atoms with van der Waals surface area (Å²) in [5.74, 6) is -0.171. The van der Waals surface area contributed by atoms with Crippen LogP contribution >= 0.6 is 0 Å². The molecule has 1 unspecified atom stereocenters. The molecule has 2 N–H and O–H groups in total. The van der Waals surface area contributed by atoms with Crippen molar-refractivity contribution >= 4 is 5.69 Å². The number of likely N-dealkylation sites (N-methyl/N-ethyl adjacent to an activating group) is 2. The molecule has 1 heterocycles. The van der Waals surface area contributed by atoms with Crippen molar-refractivity contribution in [3.8, 4) is 0 Å². The Kier molecular flexibility index (Phi) is 5.22. The molecule has 0 bridgehead atoms. The Labute approximate surface area is 127 Å². The number of aryl methyl sites for hydroxylation is 1. The van der Waals surface area contributed by atoms with Crippen LogP contribution in [0.1, 0.15) is 43.9 Å². The van der Waals surface area contributed by atoms with E-state index in [0.717, 1.165) is 24.3 Å². The molecule has 4 heteroatoms. The van der Waals surface area contributed by atoms with E-state index < -0.39 is 0 Å². The molecule has 118 valence electrons. The van der Waals surface area contributed by atoms with Crippen molar-refractivity contribution in [2.45, 2.75) is 45.7 Å². The molecular weight excluding hydrogens is 265 g/mol. The zero-order valence-electron chi connectivity index (χ0n) is 13.7. The maximum Gasteiger partial charge on any atom is 0.126 e. The average Bonchev–Trinajstić information content (AvgIpc) is 2.88. The first-order valence-corrected chi connectivity index (χ1v) is 7.94. The lowest BCUT2D eigenvalue weighted by atomic mass is 10.0. The second-order valence-corrected chi connectivity index (χ2v) is 6.25. The van der Waals surface area contributed by atoms with Crippen LogP contribution in [0.5, 0.6) is 0 Å². The smallest absolute Gasteiger partial charge is 0.126 e. The zero-order valence-corrected chi connectivity index (χ0v) is 13.7. The van der Waals surface area contributed by atoms with E-state index in [-0.39, 0.29) is 11.9 Å². The van der Waals surface area contributed by atoms with E-state index in [2.05, 4.69) is 23.8 Å². The highest BCUT2D eigenvalue weighted by molar-refractivity contribution is 5.56. The van der Waals surface area contributed by atoms with Crippen molar-refractivity contribution in [3.63, 3.8) is 0 Å². The quantitative estimate of drug-likeness (QED) is 0.905. The molecule has 0 amide bonds. The van der Waals surface area contributed by atoms with E-state index in [1.165, 1.54) is 19.4 Å². The number of rotatable bonds is 5. The van der Waals surface area contributed by atoms with Gasteiger partial charge in [0.25, 0.3) is 0 Å². The predicted molar refractivity (Wildman–Crippen MR) is 87.3 cm³/mol. The Morgan fingerprint density at radius 3 is 2.81 bits per heavy atom. The van der Waals surface area contributed by atoms with Gasteiger partial charge in [-0.05, 0) is 63.0 Å². The van der Waals surface area contributed by atoms with Gasteiger partial charge in [-0.2, -0.15) is 0 Å². The fraction of sp³-hybridized carbons (Fsp3) is 0.647. The van der Waals surface area contributed by atoms with Crippen molar-refractivity contribution in [2.24, 2.45) is 5.73 Å². The number of likely N-dealkylation sites (tertiary alicyclic amines) is 1. The van der Waals surface area contributed by atoms with Gasteiger partial charge in [0.1, 0.15) is 5.82 Å². The van der Waals surface area contributed by atoms with Gasteiger partial charge in [0.15, 0.2) is 0 Å². The number of halogens is 1. The van der Waals surface area contributed by atoms with E-state index in [4.69, 9.17) is 5.73 Å². The van der Waals surface area contributed by atoms with E-state index in [1.54, 1.807) is 6.07 Å². The van der Waals surface area contributed by atoms with E-state index >= 15 is 0 Å². The number of benzene rings is 1. The highest BCUT2D eigenvalue weighted by Crippen LogP contribution is 2.29. The zero-order chi connectivity index (χ0) is 15.6. The molecule has 0 radical (unpaired) electrons. The lowest BCUT2D eigenvalue weighted by Crippen LogP contribution is -2.39. The first kappa shape index (κ1) is 16.2. The Morgan fingerprint density at radius 1 is 1.48 bits per heavy atom. The molecule has 1 fully saturated rings. The molecular formula is C17H28FN3. The van der Waals surface area contributed by atoms with Gasteiger partial charge in [0.2, 0.25) is 0 Å². The summed E-state index contributed by atoms with van der Waals surface area (Å²) >= 11 is 0. The second kappa shape index (κ2) is 6.75. The molecule has 0 aliphatic carbocycles. The summed E-state index contributed by atoms with van der Waals surface area (Å²) < 4.78 is 13.8. The largest absolute Gasteiger partial charge is 0.373 e. The maximum atomic E-state index is 13.8. The predicted octanol–water partition coefficient (Wildman–Crippen LogP) is 3.07. The number of hydrogen-bond acceptors (Lipinski definition) is 3. The maximum absolute atomic E-state index is 13.8. The number of hydrogen-bond donors (Lipinski definition) is 1. The third-order valence-electron chi connectivity index (χ3n) is 4.60. The SMILES string of the molecule is CCN1CCCC1CN(C)c1cc(C)c(F)cc1[C@@H](C)N. The molecule has 1 aliphatic rings. The Bertz CT molecular complexity index is 487. The third-order valence-corrected chi connectivity index (χ3v) is 4.60. The summed E-state index contributed by atoms with van der Waals surface area (Å²) in [4.78, 5) is 4.77. The van der Waals surface area contributed by atoms with Crippen molar-refractivity contribution < 1.29 is 4.39 Å². The minimum absolute atomic E-state index is 0.164. The second-order valence-electron chi connectivity index (χ2n) is 6.25. The van der Waals surface area contributed by atoms with Crippen LogP contribution in [0.2, 0.25) is 0 Å². The lowest BCUT2D eigenvalue weighted by molar-refractivity contribution is 0.270. The number of nitrogens with zero attached hydrogens (tertiary/aromatic N) is 2.